The number of allylic oxidation sites excluding steroid dienone is 4. The molecule has 1 atom stereocenters. The highest BCUT2D eigenvalue weighted by atomic mass is 16.6. The predicted molar refractivity (Wildman–Crippen MR) is 104 cm³/mol. The van der Waals surface area contributed by atoms with E-state index in [1.54, 1.807) is 18.2 Å². The molecule has 0 aliphatic rings. The van der Waals surface area contributed by atoms with Crippen molar-refractivity contribution >= 4 is 5.97 Å². The Hall–Kier alpha value is -2.29. The second-order valence-corrected chi connectivity index (χ2v) is 6.86. The van der Waals surface area contributed by atoms with Crippen molar-refractivity contribution in [2.45, 2.75) is 59.0 Å². The lowest BCUT2D eigenvalue weighted by atomic mass is 9.98. The molecule has 0 bridgehead atoms. The molecule has 0 spiro atoms. The van der Waals surface area contributed by atoms with Crippen LogP contribution >= 0.6 is 0 Å². The molecule has 0 saturated heterocycles. The summed E-state index contributed by atoms with van der Waals surface area (Å²) < 4.78 is 5.63. The van der Waals surface area contributed by atoms with Gasteiger partial charge in [0.05, 0.1) is 5.56 Å². The third kappa shape index (κ3) is 7.88. The van der Waals surface area contributed by atoms with E-state index in [0.29, 0.717) is 12.0 Å². The molecular formula is C22H30O3. The fourth-order valence-electron chi connectivity index (χ4n) is 2.36. The average molecular weight is 342 g/mol. The second-order valence-electron chi connectivity index (χ2n) is 6.86. The zero-order valence-corrected chi connectivity index (χ0v) is 15.8. The number of ether oxygens (including phenoxy) is 1. The van der Waals surface area contributed by atoms with Gasteiger partial charge in [-0.3, -0.25) is 0 Å². The number of aromatic hydroxyl groups is 1. The molecule has 1 rings (SSSR count). The van der Waals surface area contributed by atoms with Gasteiger partial charge in [0.1, 0.15) is 11.4 Å². The van der Waals surface area contributed by atoms with Crippen LogP contribution in [0.2, 0.25) is 0 Å². The van der Waals surface area contributed by atoms with Crippen molar-refractivity contribution in [3.63, 3.8) is 0 Å². The minimum absolute atomic E-state index is 0.122. The van der Waals surface area contributed by atoms with Crippen LogP contribution in [0.3, 0.4) is 0 Å². The molecule has 25 heavy (non-hydrogen) atoms. The number of carbonyl (C=O) groups is 1. The van der Waals surface area contributed by atoms with Gasteiger partial charge in [-0.25, -0.2) is 4.79 Å². The smallest absolute Gasteiger partial charge is 0.338 e. The van der Waals surface area contributed by atoms with E-state index in [-0.39, 0.29) is 5.75 Å². The first-order valence-electron chi connectivity index (χ1n) is 8.71. The Bertz CT molecular complexity index is 634. The van der Waals surface area contributed by atoms with E-state index in [4.69, 9.17) is 4.74 Å². The fraction of sp³-hybridized carbons (Fsp3) is 0.409. The van der Waals surface area contributed by atoms with Crippen LogP contribution in [0.1, 0.15) is 63.7 Å². The molecule has 0 saturated carbocycles. The predicted octanol–water partition coefficient (Wildman–Crippen LogP) is 5.97. The molecular weight excluding hydrogens is 312 g/mol. The maximum absolute atomic E-state index is 12.3. The maximum atomic E-state index is 12.3. The van der Waals surface area contributed by atoms with Gasteiger partial charge in [0.15, 0.2) is 0 Å². The molecule has 0 heterocycles. The fourth-order valence-corrected chi connectivity index (χ4v) is 2.36. The SMILES string of the molecule is C=CC(C)(CCC=C(C)CCC=C(C)C)OC(=O)c1ccc(O)cc1. The molecule has 136 valence electrons. The lowest BCUT2D eigenvalue weighted by Gasteiger charge is -2.25. The largest absolute Gasteiger partial charge is 0.508 e. The summed E-state index contributed by atoms with van der Waals surface area (Å²) in [7, 11) is 0. The third-order valence-corrected chi connectivity index (χ3v) is 4.09. The highest BCUT2D eigenvalue weighted by Crippen LogP contribution is 2.23. The van der Waals surface area contributed by atoms with E-state index in [1.807, 2.05) is 6.92 Å². The molecule has 0 aromatic heterocycles. The van der Waals surface area contributed by atoms with Crippen molar-refractivity contribution < 1.29 is 14.6 Å². The van der Waals surface area contributed by atoms with Gasteiger partial charge in [0, 0.05) is 0 Å². The van der Waals surface area contributed by atoms with Crippen molar-refractivity contribution in [3.8, 4) is 5.75 Å². The topological polar surface area (TPSA) is 46.5 Å². The normalized spacial score (nSPS) is 13.7. The Labute approximate surface area is 151 Å². The van der Waals surface area contributed by atoms with Gasteiger partial charge in [-0.05, 0) is 83.7 Å². The van der Waals surface area contributed by atoms with Crippen LogP contribution in [0.25, 0.3) is 0 Å². The van der Waals surface area contributed by atoms with Crippen LogP contribution in [0.15, 0.2) is 60.2 Å². The second kappa shape index (κ2) is 9.87. The molecule has 0 aliphatic carbocycles. The highest BCUT2D eigenvalue weighted by Gasteiger charge is 2.25. The summed E-state index contributed by atoms with van der Waals surface area (Å²) in [6.07, 6.45) is 9.73. The molecule has 1 N–H and O–H groups in total. The van der Waals surface area contributed by atoms with E-state index in [0.717, 1.165) is 19.3 Å². The van der Waals surface area contributed by atoms with Crippen molar-refractivity contribution in [2.24, 2.45) is 0 Å². The standard InChI is InChI=1S/C22H30O3/c1-6-22(5,16-8-11-18(4)10-7-9-17(2)3)25-21(24)19-12-14-20(23)15-13-19/h6,9,11-15,23H,1,7-8,10,16H2,2-5H3. The van der Waals surface area contributed by atoms with Crippen LogP contribution in [0.4, 0.5) is 0 Å². The van der Waals surface area contributed by atoms with Gasteiger partial charge in [-0.15, -0.1) is 0 Å². The number of hydrogen-bond donors (Lipinski definition) is 1. The van der Waals surface area contributed by atoms with E-state index in [1.165, 1.54) is 23.3 Å². The van der Waals surface area contributed by atoms with Crippen LogP contribution < -0.4 is 0 Å². The van der Waals surface area contributed by atoms with E-state index in [9.17, 15) is 9.90 Å². The lowest BCUT2D eigenvalue weighted by Crippen LogP contribution is -2.29. The van der Waals surface area contributed by atoms with Gasteiger partial charge < -0.3 is 9.84 Å². The summed E-state index contributed by atoms with van der Waals surface area (Å²) in [4.78, 5) is 12.3. The molecule has 0 radical (unpaired) electrons. The number of phenolic OH excluding ortho intramolecular Hbond substituents is 1. The van der Waals surface area contributed by atoms with Gasteiger partial charge >= 0.3 is 5.97 Å². The van der Waals surface area contributed by atoms with E-state index < -0.39 is 11.6 Å². The Morgan fingerprint density at radius 1 is 1.16 bits per heavy atom. The zero-order valence-electron chi connectivity index (χ0n) is 15.8. The number of phenols is 1. The van der Waals surface area contributed by atoms with Crippen molar-refractivity contribution in [1.29, 1.82) is 0 Å². The molecule has 0 fully saturated rings. The van der Waals surface area contributed by atoms with Crippen LogP contribution in [0, 0.1) is 0 Å². The Balaban J connectivity index is 2.58. The Kier molecular flexibility index (Phi) is 8.20. The van der Waals surface area contributed by atoms with Gasteiger partial charge in [-0.2, -0.15) is 0 Å². The molecule has 1 aromatic rings. The summed E-state index contributed by atoms with van der Waals surface area (Å²) in [6, 6.07) is 6.05. The summed E-state index contributed by atoms with van der Waals surface area (Å²) in [5, 5.41) is 9.30. The lowest BCUT2D eigenvalue weighted by molar-refractivity contribution is 0.00835. The molecule has 3 heteroatoms. The Morgan fingerprint density at radius 3 is 2.36 bits per heavy atom. The van der Waals surface area contributed by atoms with E-state index in [2.05, 4.69) is 39.5 Å². The number of rotatable bonds is 9. The first-order valence-corrected chi connectivity index (χ1v) is 8.71. The van der Waals surface area contributed by atoms with Crippen LogP contribution in [-0.2, 0) is 4.74 Å². The Morgan fingerprint density at radius 2 is 1.80 bits per heavy atom. The summed E-state index contributed by atoms with van der Waals surface area (Å²) in [5.41, 5.74) is 2.38. The third-order valence-electron chi connectivity index (χ3n) is 4.09. The molecule has 3 nitrogen and oxygen atoms in total. The van der Waals surface area contributed by atoms with Gasteiger partial charge in [0.2, 0.25) is 0 Å². The minimum Gasteiger partial charge on any atom is -0.508 e. The highest BCUT2D eigenvalue weighted by molar-refractivity contribution is 5.89. The zero-order chi connectivity index (χ0) is 18.9. The van der Waals surface area contributed by atoms with E-state index >= 15 is 0 Å². The number of hydrogen-bond acceptors (Lipinski definition) is 3. The minimum atomic E-state index is -0.717. The van der Waals surface area contributed by atoms with Gasteiger partial charge in [0.25, 0.3) is 0 Å². The molecule has 1 unspecified atom stereocenters. The number of benzene rings is 1. The molecule has 0 aliphatic heterocycles. The number of carbonyl (C=O) groups excluding carboxylic acids is 1. The summed E-state index contributed by atoms with van der Waals surface area (Å²) >= 11 is 0. The van der Waals surface area contributed by atoms with Gasteiger partial charge in [-0.1, -0.05) is 29.9 Å². The summed E-state index contributed by atoms with van der Waals surface area (Å²) in [6.45, 7) is 12.0. The molecule has 0 amide bonds. The summed E-state index contributed by atoms with van der Waals surface area (Å²) in [5.74, 6) is -0.289. The maximum Gasteiger partial charge on any atom is 0.338 e. The monoisotopic (exact) mass is 342 g/mol. The first-order chi connectivity index (χ1) is 11.8. The van der Waals surface area contributed by atoms with Crippen molar-refractivity contribution in [3.05, 3.63) is 65.8 Å². The van der Waals surface area contributed by atoms with Crippen molar-refractivity contribution in [1.82, 2.24) is 0 Å². The number of esters is 1. The van der Waals surface area contributed by atoms with Crippen LogP contribution in [-0.4, -0.2) is 16.7 Å². The first kappa shape index (κ1) is 20.8. The quantitative estimate of drug-likeness (QED) is 0.444. The average Bonchev–Trinajstić information content (AvgIpc) is 2.55. The molecule has 1 aromatic carbocycles. The van der Waals surface area contributed by atoms with Crippen molar-refractivity contribution in [2.75, 3.05) is 0 Å². The van der Waals surface area contributed by atoms with Crippen LogP contribution in [0.5, 0.6) is 5.75 Å².